The molecule has 0 aliphatic carbocycles. The maximum Gasteiger partial charge on any atom is 0.0629 e. The van der Waals surface area contributed by atoms with E-state index in [1.165, 1.54) is 0 Å². The van der Waals surface area contributed by atoms with Gasteiger partial charge in [-0.05, 0) is 82.5 Å². The zero-order chi connectivity index (χ0) is 33.4. The minimum atomic E-state index is -0.416. The van der Waals surface area contributed by atoms with Gasteiger partial charge in [0, 0.05) is 0 Å². The van der Waals surface area contributed by atoms with Gasteiger partial charge in [0.25, 0.3) is 0 Å². The van der Waals surface area contributed by atoms with Crippen molar-refractivity contribution in [1.82, 2.24) is 0 Å². The standard InChI is InChI=1S/C40H26/c1-2-14-29-26-30(25-24-27(29)12-1)39-35-19-7-9-21-37(35)40(38-22-10-8-20-36(38)39)34-18-6-5-17-33(34)32-23-11-15-28-13-3-4-16-31(28)32/h1-26H/i7D,8D,9D,10D,19D,20D,21D,22D. The molecule has 8 aromatic carbocycles. The van der Waals surface area contributed by atoms with Crippen LogP contribution in [-0.2, 0) is 0 Å². The van der Waals surface area contributed by atoms with Crippen molar-refractivity contribution in [2.75, 3.05) is 0 Å². The summed E-state index contributed by atoms with van der Waals surface area (Å²) >= 11 is 0. The van der Waals surface area contributed by atoms with E-state index in [0.29, 0.717) is 22.3 Å². The molecule has 0 N–H and O–H groups in total. The maximum absolute atomic E-state index is 9.32. The smallest absolute Gasteiger partial charge is 0.0616 e. The van der Waals surface area contributed by atoms with E-state index in [1.807, 2.05) is 109 Å². The summed E-state index contributed by atoms with van der Waals surface area (Å²) in [6.07, 6.45) is 0. The van der Waals surface area contributed by atoms with Crippen LogP contribution in [0.3, 0.4) is 0 Å². The van der Waals surface area contributed by atoms with Crippen LogP contribution in [0.4, 0.5) is 0 Å². The molecule has 0 saturated carbocycles. The molecule has 0 fully saturated rings. The average molecular weight is 515 g/mol. The fourth-order valence-corrected chi connectivity index (χ4v) is 5.92. The summed E-state index contributed by atoms with van der Waals surface area (Å²) < 4.78 is 72.2. The van der Waals surface area contributed by atoms with Gasteiger partial charge < -0.3 is 0 Å². The zero-order valence-electron chi connectivity index (χ0n) is 29.4. The van der Waals surface area contributed by atoms with Crippen LogP contribution in [0, 0.1) is 0 Å². The minimum absolute atomic E-state index is 0.203. The van der Waals surface area contributed by atoms with E-state index in [1.54, 1.807) is 0 Å². The van der Waals surface area contributed by atoms with Gasteiger partial charge in [0.2, 0.25) is 0 Å². The van der Waals surface area contributed by atoms with Crippen LogP contribution < -0.4 is 0 Å². The summed E-state index contributed by atoms with van der Waals surface area (Å²) in [5.74, 6) is 0. The molecule has 0 amide bonds. The molecule has 0 spiro atoms. The Morgan fingerprint density at radius 1 is 0.350 bits per heavy atom. The van der Waals surface area contributed by atoms with E-state index in [9.17, 15) is 5.48 Å². The normalized spacial score (nSPS) is 14.3. The number of rotatable bonds is 3. The second-order valence-electron chi connectivity index (χ2n) is 9.88. The Labute approximate surface area is 245 Å². The number of hydrogen-bond donors (Lipinski definition) is 0. The lowest BCUT2D eigenvalue weighted by atomic mass is 9.83. The van der Waals surface area contributed by atoms with Gasteiger partial charge >= 0.3 is 0 Å². The summed E-state index contributed by atoms with van der Waals surface area (Å²) in [7, 11) is 0. The minimum Gasteiger partial charge on any atom is -0.0616 e. The van der Waals surface area contributed by atoms with E-state index in [2.05, 4.69) is 0 Å². The highest BCUT2D eigenvalue weighted by Gasteiger charge is 2.19. The third-order valence-corrected chi connectivity index (χ3v) is 7.69. The van der Waals surface area contributed by atoms with E-state index < -0.39 is 24.2 Å². The Morgan fingerprint density at radius 2 is 0.875 bits per heavy atom. The lowest BCUT2D eigenvalue weighted by molar-refractivity contribution is 1.63. The molecule has 0 aliphatic heterocycles. The van der Waals surface area contributed by atoms with Crippen molar-refractivity contribution in [3.8, 4) is 33.4 Å². The quantitative estimate of drug-likeness (QED) is 0.206. The van der Waals surface area contributed by atoms with Gasteiger partial charge in [-0.25, -0.2) is 0 Å². The molecule has 0 aromatic heterocycles. The van der Waals surface area contributed by atoms with Gasteiger partial charge in [-0.15, -0.1) is 0 Å². The average Bonchev–Trinajstić information content (AvgIpc) is 3.12. The summed E-state index contributed by atoms with van der Waals surface area (Å²) in [6.45, 7) is 0. The summed E-state index contributed by atoms with van der Waals surface area (Å²) in [4.78, 5) is 0. The lowest BCUT2D eigenvalue weighted by Crippen LogP contribution is -1.93. The zero-order valence-corrected chi connectivity index (χ0v) is 21.4. The van der Waals surface area contributed by atoms with Crippen LogP contribution >= 0.6 is 0 Å². The van der Waals surface area contributed by atoms with Crippen molar-refractivity contribution in [3.63, 3.8) is 0 Å². The number of fused-ring (bicyclic) bond motifs is 4. The Kier molecular flexibility index (Phi) is 3.70. The highest BCUT2D eigenvalue weighted by atomic mass is 14.2. The molecule has 8 aromatic rings. The predicted octanol–water partition coefficient (Wildman–Crippen LogP) is 11.3. The van der Waals surface area contributed by atoms with Gasteiger partial charge in [0.15, 0.2) is 0 Å². The molecule has 0 unspecified atom stereocenters. The molecular weight excluding hydrogens is 480 g/mol. The summed E-state index contributed by atoms with van der Waals surface area (Å²) in [5, 5.41) is 4.69. The molecule has 0 aliphatic rings. The van der Waals surface area contributed by atoms with E-state index in [-0.39, 0.29) is 45.7 Å². The van der Waals surface area contributed by atoms with E-state index in [0.717, 1.165) is 32.7 Å². The van der Waals surface area contributed by atoms with Gasteiger partial charge in [-0.1, -0.05) is 151 Å². The maximum atomic E-state index is 9.32. The molecule has 0 bridgehead atoms. The van der Waals surface area contributed by atoms with Crippen LogP contribution in [0.15, 0.2) is 158 Å². The van der Waals surface area contributed by atoms with Crippen molar-refractivity contribution in [3.05, 3.63) is 158 Å². The second-order valence-corrected chi connectivity index (χ2v) is 9.88. The highest BCUT2D eigenvalue weighted by molar-refractivity contribution is 6.23. The molecule has 0 heterocycles. The van der Waals surface area contributed by atoms with Crippen LogP contribution in [0.2, 0.25) is 0 Å². The second kappa shape index (κ2) is 9.22. The van der Waals surface area contributed by atoms with E-state index >= 15 is 0 Å². The fraction of sp³-hybridized carbons (Fsp3) is 0. The van der Waals surface area contributed by atoms with E-state index in [4.69, 9.17) is 5.48 Å². The molecule has 0 saturated heterocycles. The van der Waals surface area contributed by atoms with Crippen LogP contribution in [0.1, 0.15) is 11.0 Å². The molecule has 0 heteroatoms. The Hall–Kier alpha value is -5.20. The van der Waals surface area contributed by atoms with Gasteiger partial charge in [0.05, 0.1) is 11.0 Å². The third-order valence-electron chi connectivity index (χ3n) is 7.69. The van der Waals surface area contributed by atoms with Gasteiger partial charge in [-0.2, -0.15) is 0 Å². The molecule has 8 rings (SSSR count). The Balaban J connectivity index is 1.66. The Bertz CT molecular complexity index is 2570. The highest BCUT2D eigenvalue weighted by Crippen LogP contribution is 2.46. The predicted molar refractivity (Wildman–Crippen MR) is 173 cm³/mol. The first kappa shape index (κ1) is 16.0. The van der Waals surface area contributed by atoms with Crippen LogP contribution in [0.5, 0.6) is 0 Å². The SMILES string of the molecule is [2H]c1c([2H])c([2H])c2c(-c3ccccc3-c3cccc4ccccc34)c3c([2H])c([2H])c([2H])c([2H])c3c(-c3ccc4ccccc4c3)c2c1[2H]. The third kappa shape index (κ3) is 3.54. The van der Waals surface area contributed by atoms with Crippen LogP contribution in [0.25, 0.3) is 76.5 Å². The van der Waals surface area contributed by atoms with Crippen LogP contribution in [-0.4, -0.2) is 0 Å². The largest absolute Gasteiger partial charge is 0.0629 e. The van der Waals surface area contributed by atoms with Crippen molar-refractivity contribution < 1.29 is 11.0 Å². The molecule has 0 atom stereocenters. The van der Waals surface area contributed by atoms with Crippen molar-refractivity contribution in [1.29, 1.82) is 0 Å². The van der Waals surface area contributed by atoms with Crippen molar-refractivity contribution >= 4 is 43.1 Å². The summed E-state index contributed by atoms with van der Waals surface area (Å²) in [5.41, 5.74) is 3.54. The number of hydrogen-bond acceptors (Lipinski definition) is 0. The summed E-state index contributed by atoms with van der Waals surface area (Å²) in [6, 6.07) is 32.2. The lowest BCUT2D eigenvalue weighted by Gasteiger charge is -2.20. The molecule has 186 valence electrons. The van der Waals surface area contributed by atoms with Crippen molar-refractivity contribution in [2.24, 2.45) is 0 Å². The molecule has 0 radical (unpaired) electrons. The monoisotopic (exact) mass is 514 g/mol. The molecule has 40 heavy (non-hydrogen) atoms. The fourth-order valence-electron chi connectivity index (χ4n) is 5.92. The Morgan fingerprint density at radius 3 is 1.60 bits per heavy atom. The van der Waals surface area contributed by atoms with Crippen molar-refractivity contribution in [2.45, 2.75) is 0 Å². The van der Waals surface area contributed by atoms with Gasteiger partial charge in [-0.3, -0.25) is 0 Å². The molecular formula is C40H26. The molecule has 0 nitrogen and oxygen atoms in total. The number of benzene rings is 8. The first-order valence-electron chi connectivity index (χ1n) is 17.2. The van der Waals surface area contributed by atoms with Gasteiger partial charge in [0.1, 0.15) is 0 Å². The first-order valence-corrected chi connectivity index (χ1v) is 13.2. The topological polar surface area (TPSA) is 0 Å². The first-order chi connectivity index (χ1) is 23.2.